The Morgan fingerprint density at radius 3 is 1.29 bits per heavy atom. The minimum absolute atomic E-state index is 0.106. The monoisotopic (exact) mass is 1010 g/mol. The lowest BCUT2D eigenvalue weighted by Crippen LogP contribution is -2.51. The fourth-order valence-corrected chi connectivity index (χ4v) is 19.2. The van der Waals surface area contributed by atoms with Crippen molar-refractivity contribution in [3.63, 3.8) is 0 Å². The molecule has 2 N–H and O–H groups in total. The van der Waals surface area contributed by atoms with Crippen LogP contribution < -0.4 is 10.6 Å². The average Bonchev–Trinajstić information content (AvgIpc) is 3.88. The smallest absolute Gasteiger partial charge is 0.328 e. The first-order valence-electron chi connectivity index (χ1n) is 31.0. The molecule has 6 fully saturated rings. The molecule has 412 valence electrons. The maximum absolute atomic E-state index is 13.4. The Morgan fingerprint density at radius 1 is 0.507 bits per heavy atom. The van der Waals surface area contributed by atoms with Crippen LogP contribution in [0.3, 0.4) is 0 Å². The molecule has 0 saturated heterocycles. The molecule has 8 nitrogen and oxygen atoms in total. The van der Waals surface area contributed by atoms with Gasteiger partial charge in [0.1, 0.15) is 24.3 Å². The van der Waals surface area contributed by atoms with Crippen LogP contribution in [-0.4, -0.2) is 48.0 Å². The molecule has 0 aromatic carbocycles. The number of nitrogens with one attached hydrogen (secondary N) is 2. The molecular weight excluding hydrogens is 905 g/mol. The van der Waals surface area contributed by atoms with Gasteiger partial charge in [-0.3, -0.25) is 9.59 Å². The van der Waals surface area contributed by atoms with Crippen molar-refractivity contribution in [2.24, 2.45) is 92.7 Å². The van der Waals surface area contributed by atoms with E-state index in [0.717, 1.165) is 111 Å². The summed E-state index contributed by atoms with van der Waals surface area (Å²) < 4.78 is 12.2. The van der Waals surface area contributed by atoms with E-state index in [1.165, 1.54) is 101 Å². The summed E-state index contributed by atoms with van der Waals surface area (Å²) in [7, 11) is 0. The Morgan fingerprint density at radius 2 is 0.904 bits per heavy atom. The second-order valence-electron chi connectivity index (χ2n) is 28.6. The summed E-state index contributed by atoms with van der Waals surface area (Å²) in [6.07, 6.45) is 32.1. The van der Waals surface area contributed by atoms with E-state index in [-0.39, 0.29) is 47.7 Å². The molecule has 8 rings (SSSR count). The van der Waals surface area contributed by atoms with Crippen molar-refractivity contribution in [3.8, 4) is 0 Å². The van der Waals surface area contributed by atoms with Gasteiger partial charge in [0.2, 0.25) is 11.8 Å². The van der Waals surface area contributed by atoms with Crippen LogP contribution >= 0.6 is 0 Å². The second kappa shape index (κ2) is 23.1. The second-order valence-corrected chi connectivity index (χ2v) is 28.6. The number of hydrogen-bond donors (Lipinski definition) is 2. The highest BCUT2D eigenvalue weighted by molar-refractivity contribution is 5.86. The number of carbonyl (C=O) groups is 4. The van der Waals surface area contributed by atoms with Crippen LogP contribution in [0.4, 0.5) is 0 Å². The Bertz CT molecular complexity index is 1880. The Kier molecular flexibility index (Phi) is 17.9. The van der Waals surface area contributed by atoms with Gasteiger partial charge in [-0.05, 0) is 203 Å². The molecule has 0 radical (unpaired) electrons. The van der Waals surface area contributed by atoms with E-state index >= 15 is 0 Å². The Hall–Kier alpha value is -2.64. The van der Waals surface area contributed by atoms with Crippen LogP contribution in [0.2, 0.25) is 0 Å². The van der Waals surface area contributed by atoms with Crippen LogP contribution in [0.25, 0.3) is 0 Å². The van der Waals surface area contributed by atoms with Crippen molar-refractivity contribution < 1.29 is 28.7 Å². The summed E-state index contributed by atoms with van der Waals surface area (Å²) in [5.41, 5.74) is 4.28. The number of ether oxygens (including phenoxy) is 2. The predicted molar refractivity (Wildman–Crippen MR) is 295 cm³/mol. The molecule has 0 bridgehead atoms. The van der Waals surface area contributed by atoms with Gasteiger partial charge < -0.3 is 20.1 Å². The summed E-state index contributed by atoms with van der Waals surface area (Å²) in [4.78, 5) is 52.7. The molecule has 2 amide bonds. The highest BCUT2D eigenvalue weighted by Crippen LogP contribution is 2.69. The van der Waals surface area contributed by atoms with Gasteiger partial charge in [0.15, 0.2) is 0 Å². The normalized spacial score (nSPS) is 39.2. The number of esters is 2. The summed E-state index contributed by atoms with van der Waals surface area (Å²) in [6, 6.07) is -1.54. The first-order chi connectivity index (χ1) is 34.6. The fraction of sp³-hybridized carbons (Fsp3) is 0.877. The first-order valence-corrected chi connectivity index (χ1v) is 31.0. The number of amides is 2. The Labute approximate surface area is 445 Å². The fourth-order valence-electron chi connectivity index (χ4n) is 19.2. The van der Waals surface area contributed by atoms with E-state index in [4.69, 9.17) is 9.47 Å². The summed E-state index contributed by atoms with van der Waals surface area (Å²) in [6.45, 7) is 28.3. The lowest BCUT2D eigenvalue weighted by atomic mass is 9.47. The van der Waals surface area contributed by atoms with Crippen LogP contribution in [0.1, 0.15) is 244 Å². The molecule has 0 spiro atoms. The molecule has 6 saturated carbocycles. The molecule has 0 aliphatic heterocycles. The molecular formula is C65H106N2O6. The van der Waals surface area contributed by atoms with Crippen molar-refractivity contribution in [1.29, 1.82) is 0 Å². The third-order valence-corrected chi connectivity index (χ3v) is 23.4. The highest BCUT2D eigenvalue weighted by atomic mass is 16.5. The summed E-state index contributed by atoms with van der Waals surface area (Å²) in [5.74, 6) is 8.16. The van der Waals surface area contributed by atoms with Gasteiger partial charge in [-0.1, -0.05) is 131 Å². The number of fused-ring (bicyclic) bond motifs is 10. The van der Waals surface area contributed by atoms with Crippen LogP contribution in [0.5, 0.6) is 0 Å². The van der Waals surface area contributed by atoms with Crippen molar-refractivity contribution in [2.45, 2.75) is 268 Å². The van der Waals surface area contributed by atoms with E-state index in [1.54, 1.807) is 13.8 Å². The van der Waals surface area contributed by atoms with Crippen LogP contribution in [0.15, 0.2) is 23.3 Å². The number of carbonyl (C=O) groups excluding carboxylic acids is 4. The summed E-state index contributed by atoms with van der Waals surface area (Å²) >= 11 is 0. The van der Waals surface area contributed by atoms with Gasteiger partial charge in [0.05, 0.1) is 0 Å². The molecule has 73 heavy (non-hydrogen) atoms. The van der Waals surface area contributed by atoms with Gasteiger partial charge >= 0.3 is 11.9 Å². The molecule has 8 aliphatic carbocycles. The Balaban J connectivity index is 0.725. The maximum atomic E-state index is 13.4. The quantitative estimate of drug-likeness (QED) is 0.0928. The highest BCUT2D eigenvalue weighted by Gasteiger charge is 2.61. The van der Waals surface area contributed by atoms with E-state index < -0.39 is 24.0 Å². The van der Waals surface area contributed by atoms with Crippen molar-refractivity contribution in [3.05, 3.63) is 23.3 Å². The van der Waals surface area contributed by atoms with Crippen LogP contribution in [0, 0.1) is 92.7 Å². The molecule has 8 aliphatic rings. The zero-order valence-electron chi connectivity index (χ0n) is 48.5. The minimum Gasteiger partial charge on any atom is -0.461 e. The van der Waals surface area contributed by atoms with Gasteiger partial charge in [0.25, 0.3) is 0 Å². The SMILES string of the molecule is CC(C)CCC[C@@H](C)[C@H]1CC[C@H]2[C@@H]3CC=C4C[C@@H](OC(=O)[C@H](C)NC(=O)CCCC(=O)N[C@@H](C)C(=O)O[C@H]5CC[C@@]6(C)C(=CC[C@H]7[C@@H]8CC[C@H]([C@H](C)CCCC(C)C)[C@@]8(C)CC[C@@H]76)C5)CC[C@]4(C)[C@H]3CC[C@]12C. The number of hydrogen-bond acceptors (Lipinski definition) is 6. The van der Waals surface area contributed by atoms with E-state index in [9.17, 15) is 19.2 Å². The third-order valence-electron chi connectivity index (χ3n) is 23.4. The lowest BCUT2D eigenvalue weighted by Gasteiger charge is -2.58. The van der Waals surface area contributed by atoms with Gasteiger partial charge in [-0.2, -0.15) is 0 Å². The zero-order valence-corrected chi connectivity index (χ0v) is 48.5. The van der Waals surface area contributed by atoms with Crippen molar-refractivity contribution >= 4 is 23.8 Å². The standard InChI is InChI=1S/C65H106N2O6/c1-40(2)16-13-18-42(5)52-26-28-54-50-24-22-46-38-48(30-34-62(46,9)56(50)32-36-64(52,54)11)72-60(70)44(7)66-58(68)20-15-21-59(69)67-45(8)61(71)73-49-31-35-63(10)47(39-49)23-25-51-55-29-27-53(43(6)19-14-17-41(3)4)65(55,12)37-33-57(51)63/h22-23,40-45,48-57H,13-21,24-39H2,1-12H3,(H,66,68)(H,67,69)/t42-,43-,44+,45+,48+,49+,50+,51+,52-,53-,54+,55+,56+,57+,62+,63+,64-,65-/m1/s1. The van der Waals surface area contributed by atoms with Gasteiger partial charge in [-0.15, -0.1) is 0 Å². The maximum Gasteiger partial charge on any atom is 0.328 e. The largest absolute Gasteiger partial charge is 0.461 e. The molecule has 0 aromatic heterocycles. The average molecular weight is 1010 g/mol. The molecule has 0 heterocycles. The van der Waals surface area contributed by atoms with Crippen LogP contribution in [-0.2, 0) is 28.7 Å². The van der Waals surface area contributed by atoms with Crippen molar-refractivity contribution in [2.75, 3.05) is 0 Å². The number of rotatable bonds is 20. The van der Waals surface area contributed by atoms with Gasteiger partial charge in [-0.25, -0.2) is 9.59 Å². The number of allylic oxidation sites excluding steroid dienone is 2. The minimum atomic E-state index is -0.770. The first kappa shape index (κ1) is 56.6. The molecule has 18 atom stereocenters. The predicted octanol–water partition coefficient (Wildman–Crippen LogP) is 15.1. The lowest BCUT2D eigenvalue weighted by molar-refractivity contribution is -0.155. The molecule has 0 unspecified atom stereocenters. The zero-order chi connectivity index (χ0) is 52.6. The molecule has 8 heteroatoms. The summed E-state index contributed by atoms with van der Waals surface area (Å²) in [5, 5.41) is 5.65. The van der Waals surface area contributed by atoms with E-state index in [2.05, 4.69) is 92.0 Å². The van der Waals surface area contributed by atoms with Crippen molar-refractivity contribution in [1.82, 2.24) is 10.6 Å². The topological polar surface area (TPSA) is 111 Å². The third kappa shape index (κ3) is 11.8. The molecule has 0 aromatic rings. The van der Waals surface area contributed by atoms with Gasteiger partial charge in [0, 0.05) is 25.7 Å². The van der Waals surface area contributed by atoms with E-state index in [0.29, 0.717) is 29.1 Å². The van der Waals surface area contributed by atoms with E-state index in [1.807, 2.05) is 0 Å².